The summed E-state index contributed by atoms with van der Waals surface area (Å²) >= 11 is 6.06. The van der Waals surface area contributed by atoms with E-state index in [1.54, 1.807) is 19.1 Å². The molecule has 0 saturated carbocycles. The molecule has 19 heavy (non-hydrogen) atoms. The van der Waals surface area contributed by atoms with Crippen LogP contribution in [0.25, 0.3) is 0 Å². The molecule has 1 rings (SSSR count). The predicted octanol–water partition coefficient (Wildman–Crippen LogP) is 3.87. The Morgan fingerprint density at radius 3 is 2.26 bits per heavy atom. The predicted molar refractivity (Wildman–Crippen MR) is 75.7 cm³/mol. The zero-order chi connectivity index (χ0) is 14.4. The SMILES string of the molecule is CCOC(=O)CCCC(=O)c1cc(C)c(Cl)c(C)c1. The van der Waals surface area contributed by atoms with Crippen molar-refractivity contribution in [2.75, 3.05) is 6.61 Å². The fourth-order valence-corrected chi connectivity index (χ4v) is 1.99. The first-order valence-corrected chi connectivity index (χ1v) is 6.79. The van der Waals surface area contributed by atoms with Gasteiger partial charge in [-0.15, -0.1) is 0 Å². The minimum Gasteiger partial charge on any atom is -0.466 e. The molecule has 0 N–H and O–H groups in total. The Bertz CT molecular complexity index is 457. The molecule has 0 amide bonds. The van der Waals surface area contributed by atoms with E-state index in [1.807, 2.05) is 13.8 Å². The summed E-state index contributed by atoms with van der Waals surface area (Å²) in [6.07, 6.45) is 1.14. The van der Waals surface area contributed by atoms with Crippen LogP contribution in [0.5, 0.6) is 0 Å². The fourth-order valence-electron chi connectivity index (χ4n) is 1.88. The number of ketones is 1. The van der Waals surface area contributed by atoms with E-state index >= 15 is 0 Å². The lowest BCUT2D eigenvalue weighted by Gasteiger charge is -2.07. The number of benzene rings is 1. The molecule has 0 radical (unpaired) electrons. The number of hydrogen-bond donors (Lipinski definition) is 0. The van der Waals surface area contributed by atoms with Gasteiger partial charge < -0.3 is 4.74 Å². The number of Topliss-reactive ketones (excluding diaryl/α,β-unsaturated/α-hetero) is 1. The minimum absolute atomic E-state index is 0.0344. The smallest absolute Gasteiger partial charge is 0.305 e. The highest BCUT2D eigenvalue weighted by molar-refractivity contribution is 6.32. The van der Waals surface area contributed by atoms with Crippen LogP contribution < -0.4 is 0 Å². The van der Waals surface area contributed by atoms with E-state index in [0.717, 1.165) is 11.1 Å². The number of ether oxygens (including phenoxy) is 1. The van der Waals surface area contributed by atoms with Crippen molar-refractivity contribution in [2.45, 2.75) is 40.0 Å². The van der Waals surface area contributed by atoms with E-state index in [1.165, 1.54) is 0 Å². The minimum atomic E-state index is -0.251. The first kappa shape index (κ1) is 15.7. The summed E-state index contributed by atoms with van der Waals surface area (Å²) in [5.41, 5.74) is 2.45. The van der Waals surface area contributed by atoms with Crippen molar-refractivity contribution in [3.05, 3.63) is 33.8 Å². The summed E-state index contributed by atoms with van der Waals surface area (Å²) in [4.78, 5) is 23.2. The molecule has 0 aliphatic carbocycles. The van der Waals surface area contributed by atoms with E-state index in [4.69, 9.17) is 16.3 Å². The molecule has 0 aromatic heterocycles. The molecule has 0 bridgehead atoms. The molecule has 0 aliphatic heterocycles. The summed E-state index contributed by atoms with van der Waals surface area (Å²) in [5.74, 6) is -0.217. The number of rotatable bonds is 6. The van der Waals surface area contributed by atoms with Gasteiger partial charge in [0.25, 0.3) is 0 Å². The van der Waals surface area contributed by atoms with Crippen LogP contribution in [0.15, 0.2) is 12.1 Å². The number of hydrogen-bond acceptors (Lipinski definition) is 3. The molecule has 104 valence electrons. The van der Waals surface area contributed by atoms with E-state index in [0.29, 0.717) is 30.0 Å². The van der Waals surface area contributed by atoms with E-state index in [2.05, 4.69) is 0 Å². The van der Waals surface area contributed by atoms with Gasteiger partial charge in [0.2, 0.25) is 0 Å². The summed E-state index contributed by atoms with van der Waals surface area (Å²) in [6, 6.07) is 3.59. The lowest BCUT2D eigenvalue weighted by atomic mass is 10.0. The molecule has 1 aromatic carbocycles. The van der Waals surface area contributed by atoms with Crippen LogP contribution in [0.1, 0.15) is 47.7 Å². The molecular formula is C15H19ClO3. The van der Waals surface area contributed by atoms with Crippen LogP contribution in [0.3, 0.4) is 0 Å². The molecule has 0 spiro atoms. The molecule has 3 nitrogen and oxygen atoms in total. The van der Waals surface area contributed by atoms with Gasteiger partial charge in [-0.05, 0) is 50.5 Å². The molecule has 0 fully saturated rings. The average molecular weight is 283 g/mol. The molecule has 4 heteroatoms. The van der Waals surface area contributed by atoms with Crippen LogP contribution in [-0.2, 0) is 9.53 Å². The van der Waals surface area contributed by atoms with Crippen molar-refractivity contribution in [1.29, 1.82) is 0 Å². The van der Waals surface area contributed by atoms with E-state index < -0.39 is 0 Å². The Morgan fingerprint density at radius 2 is 1.74 bits per heavy atom. The van der Waals surface area contributed by atoms with Crippen LogP contribution in [0.2, 0.25) is 5.02 Å². The Labute approximate surface area is 118 Å². The molecule has 0 atom stereocenters. The largest absolute Gasteiger partial charge is 0.466 e. The molecule has 0 saturated heterocycles. The zero-order valence-electron chi connectivity index (χ0n) is 11.6. The first-order valence-electron chi connectivity index (χ1n) is 6.41. The van der Waals surface area contributed by atoms with Gasteiger partial charge in [-0.2, -0.15) is 0 Å². The van der Waals surface area contributed by atoms with Crippen LogP contribution >= 0.6 is 11.6 Å². The number of carbonyl (C=O) groups is 2. The highest BCUT2D eigenvalue weighted by Gasteiger charge is 2.11. The standard InChI is InChI=1S/C15H19ClO3/c1-4-19-14(18)7-5-6-13(17)12-8-10(2)15(16)11(3)9-12/h8-9H,4-7H2,1-3H3. The van der Waals surface area contributed by atoms with Crippen molar-refractivity contribution >= 4 is 23.4 Å². The van der Waals surface area contributed by atoms with Crippen molar-refractivity contribution in [2.24, 2.45) is 0 Å². The number of carbonyl (C=O) groups excluding carboxylic acids is 2. The highest BCUT2D eigenvalue weighted by atomic mass is 35.5. The molecule has 0 unspecified atom stereocenters. The lowest BCUT2D eigenvalue weighted by Crippen LogP contribution is -2.06. The van der Waals surface area contributed by atoms with Crippen molar-refractivity contribution in [3.8, 4) is 0 Å². The Hall–Kier alpha value is -1.35. The Balaban J connectivity index is 2.57. The van der Waals surface area contributed by atoms with Gasteiger partial charge in [-0.3, -0.25) is 9.59 Å². The highest BCUT2D eigenvalue weighted by Crippen LogP contribution is 2.22. The van der Waals surface area contributed by atoms with Crippen molar-refractivity contribution in [3.63, 3.8) is 0 Å². The Morgan fingerprint density at radius 1 is 1.16 bits per heavy atom. The fraction of sp³-hybridized carbons (Fsp3) is 0.467. The second kappa shape index (κ2) is 7.29. The van der Waals surface area contributed by atoms with Gasteiger partial charge in [0.1, 0.15) is 0 Å². The van der Waals surface area contributed by atoms with Crippen LogP contribution in [0, 0.1) is 13.8 Å². The Kier molecular flexibility index (Phi) is 6.03. The summed E-state index contributed by atoms with van der Waals surface area (Å²) in [5, 5.41) is 0.697. The number of esters is 1. The maximum Gasteiger partial charge on any atom is 0.305 e. The maximum atomic E-state index is 12.0. The van der Waals surface area contributed by atoms with Crippen LogP contribution in [0.4, 0.5) is 0 Å². The number of halogens is 1. The quantitative estimate of drug-likeness (QED) is 0.587. The van der Waals surface area contributed by atoms with Gasteiger partial charge >= 0.3 is 5.97 Å². The van der Waals surface area contributed by atoms with Crippen molar-refractivity contribution < 1.29 is 14.3 Å². The molecule has 1 aromatic rings. The molecular weight excluding hydrogens is 264 g/mol. The van der Waals surface area contributed by atoms with Gasteiger partial charge in [0.15, 0.2) is 5.78 Å². The normalized spacial score (nSPS) is 10.3. The first-order chi connectivity index (χ1) is 8.95. The van der Waals surface area contributed by atoms with E-state index in [-0.39, 0.29) is 18.2 Å². The second-order valence-electron chi connectivity index (χ2n) is 4.51. The number of aryl methyl sites for hydroxylation is 2. The third-order valence-electron chi connectivity index (χ3n) is 2.85. The molecule has 0 heterocycles. The third kappa shape index (κ3) is 4.67. The van der Waals surface area contributed by atoms with Gasteiger partial charge in [0.05, 0.1) is 6.61 Å². The third-order valence-corrected chi connectivity index (χ3v) is 3.44. The van der Waals surface area contributed by atoms with Crippen molar-refractivity contribution in [1.82, 2.24) is 0 Å². The maximum absolute atomic E-state index is 12.0. The van der Waals surface area contributed by atoms with Crippen LogP contribution in [-0.4, -0.2) is 18.4 Å². The topological polar surface area (TPSA) is 43.4 Å². The van der Waals surface area contributed by atoms with Gasteiger partial charge in [-0.25, -0.2) is 0 Å². The monoisotopic (exact) mass is 282 g/mol. The summed E-state index contributed by atoms with van der Waals surface area (Å²) in [6.45, 7) is 5.90. The van der Waals surface area contributed by atoms with E-state index in [9.17, 15) is 9.59 Å². The summed E-state index contributed by atoms with van der Waals surface area (Å²) < 4.78 is 4.82. The molecule has 0 aliphatic rings. The summed E-state index contributed by atoms with van der Waals surface area (Å²) in [7, 11) is 0. The lowest BCUT2D eigenvalue weighted by molar-refractivity contribution is -0.143. The van der Waals surface area contributed by atoms with Gasteiger partial charge in [0, 0.05) is 23.4 Å². The zero-order valence-corrected chi connectivity index (χ0v) is 12.3. The van der Waals surface area contributed by atoms with Gasteiger partial charge in [-0.1, -0.05) is 11.6 Å². The second-order valence-corrected chi connectivity index (χ2v) is 4.88. The average Bonchev–Trinajstić information content (AvgIpc) is 2.35.